The van der Waals surface area contributed by atoms with Crippen molar-refractivity contribution in [2.45, 2.75) is 38.3 Å². The Kier molecular flexibility index (Phi) is 3.97. The number of nitrogens with one attached hydrogen (secondary N) is 1. The van der Waals surface area contributed by atoms with Gasteiger partial charge in [-0.2, -0.15) is 13.2 Å². The molecule has 1 N–H and O–H groups in total. The number of hydrogen-bond donors (Lipinski definition) is 1. The molecule has 0 aromatic rings. The molecule has 15 heavy (non-hydrogen) atoms. The van der Waals surface area contributed by atoms with Gasteiger partial charge in [0.2, 0.25) is 0 Å². The Morgan fingerprint density at radius 3 is 2.27 bits per heavy atom. The van der Waals surface area contributed by atoms with Gasteiger partial charge in [0.25, 0.3) is 0 Å². The van der Waals surface area contributed by atoms with Crippen molar-refractivity contribution < 1.29 is 22.6 Å². The highest BCUT2D eigenvalue weighted by molar-refractivity contribution is 4.73. The van der Waals surface area contributed by atoms with Crippen LogP contribution in [0.25, 0.3) is 0 Å². The maximum Gasteiger partial charge on any atom is 0.390 e. The lowest BCUT2D eigenvalue weighted by Gasteiger charge is -2.35. The van der Waals surface area contributed by atoms with Crippen molar-refractivity contribution in [3.63, 3.8) is 0 Å². The van der Waals surface area contributed by atoms with E-state index in [1.54, 1.807) is 13.8 Å². The van der Waals surface area contributed by atoms with E-state index in [9.17, 15) is 13.2 Å². The van der Waals surface area contributed by atoms with Crippen LogP contribution in [0.3, 0.4) is 0 Å². The molecule has 90 valence electrons. The van der Waals surface area contributed by atoms with E-state index in [0.29, 0.717) is 13.2 Å². The van der Waals surface area contributed by atoms with E-state index >= 15 is 0 Å². The SMILES string of the molecule is CC1(C)OCC(NCCC(F)(F)F)CO1. The molecule has 1 fully saturated rings. The van der Waals surface area contributed by atoms with E-state index in [-0.39, 0.29) is 12.6 Å². The highest BCUT2D eigenvalue weighted by atomic mass is 19.4. The summed E-state index contributed by atoms with van der Waals surface area (Å²) in [5, 5.41) is 2.75. The van der Waals surface area contributed by atoms with Crippen LogP contribution in [0.5, 0.6) is 0 Å². The van der Waals surface area contributed by atoms with Gasteiger partial charge in [-0.05, 0) is 13.8 Å². The smallest absolute Gasteiger partial charge is 0.349 e. The molecule has 1 aliphatic rings. The summed E-state index contributed by atoms with van der Waals surface area (Å²) in [6.07, 6.45) is -4.93. The summed E-state index contributed by atoms with van der Waals surface area (Å²) >= 11 is 0. The Morgan fingerprint density at radius 2 is 1.80 bits per heavy atom. The second kappa shape index (κ2) is 4.67. The van der Waals surface area contributed by atoms with Crippen molar-refractivity contribution >= 4 is 0 Å². The van der Waals surface area contributed by atoms with Crippen LogP contribution >= 0.6 is 0 Å². The number of alkyl halides is 3. The molecule has 0 aromatic carbocycles. The summed E-state index contributed by atoms with van der Waals surface area (Å²) < 4.78 is 46.1. The standard InChI is InChI=1S/C9H16F3NO2/c1-8(2)14-5-7(6-15-8)13-4-3-9(10,11)12/h7,13H,3-6H2,1-2H3. The normalized spacial score (nSPS) is 23.0. The zero-order valence-corrected chi connectivity index (χ0v) is 8.86. The Labute approximate surface area is 86.9 Å². The van der Waals surface area contributed by atoms with Gasteiger partial charge in [0.05, 0.1) is 25.7 Å². The molecule has 0 radical (unpaired) electrons. The van der Waals surface area contributed by atoms with Gasteiger partial charge in [-0.1, -0.05) is 0 Å². The minimum Gasteiger partial charge on any atom is -0.349 e. The van der Waals surface area contributed by atoms with Crippen LogP contribution in [0.15, 0.2) is 0 Å². The number of rotatable bonds is 3. The zero-order chi connectivity index (χ0) is 11.5. The molecular formula is C9H16F3NO2. The minimum atomic E-state index is -4.11. The lowest BCUT2D eigenvalue weighted by Crippen LogP contribution is -2.49. The number of hydrogen-bond acceptors (Lipinski definition) is 3. The van der Waals surface area contributed by atoms with Gasteiger partial charge in [0, 0.05) is 6.54 Å². The van der Waals surface area contributed by atoms with Crippen LogP contribution < -0.4 is 5.32 Å². The molecule has 0 spiro atoms. The van der Waals surface area contributed by atoms with Crippen LogP contribution in [0.2, 0.25) is 0 Å². The molecule has 1 heterocycles. The van der Waals surface area contributed by atoms with Gasteiger partial charge in [-0.3, -0.25) is 0 Å². The predicted octanol–water partition coefficient (Wildman–Crippen LogP) is 1.68. The van der Waals surface area contributed by atoms with E-state index in [1.165, 1.54) is 0 Å². The average Bonchev–Trinajstić information content (AvgIpc) is 2.06. The predicted molar refractivity (Wildman–Crippen MR) is 48.4 cm³/mol. The fourth-order valence-electron chi connectivity index (χ4n) is 1.23. The molecule has 1 rings (SSSR count). The third-order valence-electron chi connectivity index (χ3n) is 2.11. The molecule has 0 atom stereocenters. The van der Waals surface area contributed by atoms with Gasteiger partial charge in [0.1, 0.15) is 0 Å². The molecule has 6 heteroatoms. The van der Waals surface area contributed by atoms with E-state index in [4.69, 9.17) is 9.47 Å². The summed E-state index contributed by atoms with van der Waals surface area (Å²) in [5.74, 6) is -0.623. The molecule has 1 aliphatic heterocycles. The van der Waals surface area contributed by atoms with E-state index in [1.807, 2.05) is 0 Å². The summed E-state index contributed by atoms with van der Waals surface area (Å²) in [6, 6.07) is -0.152. The fourth-order valence-corrected chi connectivity index (χ4v) is 1.23. The Morgan fingerprint density at radius 1 is 1.27 bits per heavy atom. The molecule has 0 unspecified atom stereocenters. The molecular weight excluding hydrogens is 211 g/mol. The first kappa shape index (κ1) is 12.7. The van der Waals surface area contributed by atoms with Crippen LogP contribution in [-0.4, -0.2) is 37.8 Å². The maximum atomic E-state index is 11.8. The van der Waals surface area contributed by atoms with E-state index < -0.39 is 18.4 Å². The third kappa shape index (κ3) is 5.34. The second-order valence-electron chi connectivity index (χ2n) is 4.04. The number of halogens is 3. The summed E-state index contributed by atoms with van der Waals surface area (Å²) in [5.41, 5.74) is 0. The van der Waals surface area contributed by atoms with Crippen LogP contribution in [0, 0.1) is 0 Å². The Bertz CT molecular complexity index is 196. The van der Waals surface area contributed by atoms with Crippen LogP contribution in [0.1, 0.15) is 20.3 Å². The quantitative estimate of drug-likeness (QED) is 0.795. The van der Waals surface area contributed by atoms with Crippen LogP contribution in [-0.2, 0) is 9.47 Å². The van der Waals surface area contributed by atoms with Crippen LogP contribution in [0.4, 0.5) is 13.2 Å². The third-order valence-corrected chi connectivity index (χ3v) is 2.11. The average molecular weight is 227 g/mol. The minimum absolute atomic E-state index is 0.0959. The first-order valence-corrected chi connectivity index (χ1v) is 4.86. The lowest BCUT2D eigenvalue weighted by atomic mass is 10.2. The first-order valence-electron chi connectivity index (χ1n) is 4.86. The molecule has 0 saturated carbocycles. The van der Waals surface area contributed by atoms with E-state index in [2.05, 4.69) is 5.32 Å². The second-order valence-corrected chi connectivity index (χ2v) is 4.04. The van der Waals surface area contributed by atoms with Gasteiger partial charge < -0.3 is 14.8 Å². The van der Waals surface area contributed by atoms with Crippen molar-refractivity contribution in [3.8, 4) is 0 Å². The Hall–Kier alpha value is -0.330. The van der Waals surface area contributed by atoms with Crippen molar-refractivity contribution in [2.24, 2.45) is 0 Å². The van der Waals surface area contributed by atoms with Crippen molar-refractivity contribution in [1.29, 1.82) is 0 Å². The molecule has 1 saturated heterocycles. The molecule has 3 nitrogen and oxygen atoms in total. The zero-order valence-electron chi connectivity index (χ0n) is 8.86. The summed E-state index contributed by atoms with van der Waals surface area (Å²) in [6.45, 7) is 4.22. The summed E-state index contributed by atoms with van der Waals surface area (Å²) in [7, 11) is 0. The van der Waals surface area contributed by atoms with Crippen molar-refractivity contribution in [2.75, 3.05) is 19.8 Å². The fraction of sp³-hybridized carbons (Fsp3) is 1.00. The molecule has 0 aliphatic carbocycles. The van der Waals surface area contributed by atoms with Crippen molar-refractivity contribution in [3.05, 3.63) is 0 Å². The molecule has 0 amide bonds. The lowest BCUT2D eigenvalue weighted by molar-refractivity contribution is -0.253. The summed E-state index contributed by atoms with van der Waals surface area (Å²) in [4.78, 5) is 0. The van der Waals surface area contributed by atoms with Gasteiger partial charge in [-0.25, -0.2) is 0 Å². The van der Waals surface area contributed by atoms with Gasteiger partial charge in [0.15, 0.2) is 5.79 Å². The number of ether oxygens (including phenoxy) is 2. The highest BCUT2D eigenvalue weighted by Gasteiger charge is 2.30. The monoisotopic (exact) mass is 227 g/mol. The highest BCUT2D eigenvalue weighted by Crippen LogP contribution is 2.19. The topological polar surface area (TPSA) is 30.5 Å². The maximum absolute atomic E-state index is 11.8. The van der Waals surface area contributed by atoms with Gasteiger partial charge >= 0.3 is 6.18 Å². The molecule has 0 bridgehead atoms. The molecule has 0 aromatic heterocycles. The first-order chi connectivity index (χ1) is 6.79. The largest absolute Gasteiger partial charge is 0.390 e. The van der Waals surface area contributed by atoms with Gasteiger partial charge in [-0.15, -0.1) is 0 Å². The van der Waals surface area contributed by atoms with E-state index in [0.717, 1.165) is 0 Å². The Balaban J connectivity index is 2.14. The van der Waals surface area contributed by atoms with Crippen molar-refractivity contribution in [1.82, 2.24) is 5.32 Å².